The van der Waals surface area contributed by atoms with Gasteiger partial charge in [-0.2, -0.15) is 0 Å². The molecule has 2 bridgehead atoms. The van der Waals surface area contributed by atoms with Crippen LogP contribution in [-0.4, -0.2) is 40.9 Å². The van der Waals surface area contributed by atoms with Crippen LogP contribution in [0.15, 0.2) is 0 Å². The number of rotatable bonds is 0. The Hall–Kier alpha value is -0.770. The summed E-state index contributed by atoms with van der Waals surface area (Å²) in [6, 6.07) is 0. The van der Waals surface area contributed by atoms with Crippen molar-refractivity contribution in [3.63, 3.8) is 0 Å². The molecule has 62 valence electrons. The molecule has 0 saturated carbocycles. The summed E-state index contributed by atoms with van der Waals surface area (Å²) in [6.45, 7) is 2.57. The third kappa shape index (κ3) is 1.07. The van der Waals surface area contributed by atoms with E-state index in [-0.39, 0.29) is 0 Å². The third-order valence-electron chi connectivity index (χ3n) is 2.58. The molecule has 4 heteroatoms. The number of piperidine rings is 1. The SMILES string of the molecule is O=C(O)N1CC2CCN1CC2. The molecule has 0 aromatic heterocycles. The van der Waals surface area contributed by atoms with Gasteiger partial charge in [0.15, 0.2) is 0 Å². The highest BCUT2D eigenvalue weighted by Gasteiger charge is 2.34. The molecule has 0 atom stereocenters. The zero-order valence-corrected chi connectivity index (χ0v) is 6.36. The topological polar surface area (TPSA) is 43.8 Å². The first-order valence-electron chi connectivity index (χ1n) is 4.02. The van der Waals surface area contributed by atoms with E-state index in [4.69, 9.17) is 5.11 Å². The summed E-state index contributed by atoms with van der Waals surface area (Å²) in [5.74, 6) is 0.621. The smallest absolute Gasteiger partial charge is 0.421 e. The van der Waals surface area contributed by atoms with Crippen molar-refractivity contribution < 1.29 is 9.90 Å². The number of hydrogen-bond donors (Lipinski definition) is 1. The van der Waals surface area contributed by atoms with Crippen LogP contribution in [0.1, 0.15) is 12.8 Å². The summed E-state index contributed by atoms with van der Waals surface area (Å²) in [4.78, 5) is 10.6. The average Bonchev–Trinajstić information content (AvgIpc) is 2.06. The van der Waals surface area contributed by atoms with E-state index in [9.17, 15) is 4.79 Å². The van der Waals surface area contributed by atoms with Gasteiger partial charge in [0.25, 0.3) is 0 Å². The number of fused-ring (bicyclic) bond motifs is 3. The maximum atomic E-state index is 10.6. The van der Waals surface area contributed by atoms with Gasteiger partial charge in [0.05, 0.1) is 0 Å². The Morgan fingerprint density at radius 3 is 2.27 bits per heavy atom. The Kier molecular flexibility index (Phi) is 1.49. The van der Waals surface area contributed by atoms with E-state index in [1.807, 2.05) is 5.01 Å². The molecule has 0 spiro atoms. The Balaban J connectivity index is 2.08. The van der Waals surface area contributed by atoms with Gasteiger partial charge in [0, 0.05) is 19.6 Å². The summed E-state index contributed by atoms with van der Waals surface area (Å²) >= 11 is 0. The number of amides is 1. The molecular weight excluding hydrogens is 144 g/mol. The molecule has 0 unspecified atom stereocenters. The van der Waals surface area contributed by atoms with Crippen molar-refractivity contribution in [3.8, 4) is 0 Å². The first kappa shape index (κ1) is 6.91. The van der Waals surface area contributed by atoms with E-state index >= 15 is 0 Å². The normalized spacial score (nSPS) is 35.8. The maximum absolute atomic E-state index is 10.6. The van der Waals surface area contributed by atoms with Gasteiger partial charge in [0.2, 0.25) is 0 Å². The van der Waals surface area contributed by atoms with Crippen molar-refractivity contribution in [3.05, 3.63) is 0 Å². The predicted octanol–water partition coefficient (Wildman–Crippen LogP) is 0.607. The predicted molar refractivity (Wildman–Crippen MR) is 39.0 cm³/mol. The minimum absolute atomic E-state index is 0.621. The molecule has 0 aliphatic carbocycles. The van der Waals surface area contributed by atoms with Crippen molar-refractivity contribution in [2.45, 2.75) is 12.8 Å². The molecule has 3 heterocycles. The third-order valence-corrected chi connectivity index (χ3v) is 2.58. The Morgan fingerprint density at radius 1 is 1.36 bits per heavy atom. The number of nitrogens with zero attached hydrogens (tertiary/aromatic N) is 2. The molecule has 4 nitrogen and oxygen atoms in total. The monoisotopic (exact) mass is 156 g/mol. The van der Waals surface area contributed by atoms with Crippen LogP contribution in [0.2, 0.25) is 0 Å². The lowest BCUT2D eigenvalue weighted by molar-refractivity contribution is -0.0873. The van der Waals surface area contributed by atoms with Crippen LogP contribution >= 0.6 is 0 Å². The van der Waals surface area contributed by atoms with Crippen molar-refractivity contribution in [2.75, 3.05) is 19.6 Å². The fourth-order valence-corrected chi connectivity index (χ4v) is 1.90. The van der Waals surface area contributed by atoms with Crippen molar-refractivity contribution in [2.24, 2.45) is 5.92 Å². The standard InChI is InChI=1S/C7H12N2O2/c10-7(11)9-5-6-1-3-8(9)4-2-6/h6H,1-5H2,(H,10,11). The number of carbonyl (C=O) groups is 1. The van der Waals surface area contributed by atoms with E-state index in [0.29, 0.717) is 5.92 Å². The van der Waals surface area contributed by atoms with Gasteiger partial charge in [-0.25, -0.2) is 14.8 Å². The molecule has 3 saturated heterocycles. The van der Waals surface area contributed by atoms with Gasteiger partial charge in [-0.05, 0) is 18.8 Å². The highest BCUT2D eigenvalue weighted by atomic mass is 16.4. The van der Waals surface area contributed by atoms with E-state index in [0.717, 1.165) is 19.6 Å². The van der Waals surface area contributed by atoms with Crippen LogP contribution in [0.3, 0.4) is 0 Å². The zero-order chi connectivity index (χ0) is 7.84. The second kappa shape index (κ2) is 2.37. The van der Waals surface area contributed by atoms with Gasteiger partial charge < -0.3 is 5.11 Å². The van der Waals surface area contributed by atoms with E-state index in [2.05, 4.69) is 0 Å². The molecule has 1 N–H and O–H groups in total. The van der Waals surface area contributed by atoms with Gasteiger partial charge in [-0.3, -0.25) is 0 Å². The lowest BCUT2D eigenvalue weighted by Gasteiger charge is -2.45. The fraction of sp³-hybridized carbons (Fsp3) is 0.857. The molecule has 0 aromatic carbocycles. The molecule has 0 aromatic rings. The van der Waals surface area contributed by atoms with Crippen molar-refractivity contribution in [1.82, 2.24) is 10.0 Å². The lowest BCUT2D eigenvalue weighted by atomic mass is 9.95. The number of hydrazine groups is 1. The second-order valence-electron chi connectivity index (χ2n) is 3.26. The van der Waals surface area contributed by atoms with Gasteiger partial charge in [-0.1, -0.05) is 0 Å². The quantitative estimate of drug-likeness (QED) is 0.558. The molecule has 3 rings (SSSR count). The van der Waals surface area contributed by atoms with Crippen LogP contribution in [-0.2, 0) is 0 Å². The summed E-state index contributed by atoms with van der Waals surface area (Å²) in [6.07, 6.45) is 1.54. The Morgan fingerprint density at radius 2 is 2.00 bits per heavy atom. The average molecular weight is 156 g/mol. The van der Waals surface area contributed by atoms with Crippen LogP contribution in [0, 0.1) is 5.92 Å². The summed E-state index contributed by atoms with van der Waals surface area (Å²) in [5, 5.41) is 12.1. The first-order chi connectivity index (χ1) is 5.27. The highest BCUT2D eigenvalue weighted by Crippen LogP contribution is 2.26. The van der Waals surface area contributed by atoms with Crippen LogP contribution < -0.4 is 0 Å². The molecule has 1 amide bonds. The van der Waals surface area contributed by atoms with Crippen LogP contribution in [0.4, 0.5) is 4.79 Å². The van der Waals surface area contributed by atoms with Crippen molar-refractivity contribution in [1.29, 1.82) is 0 Å². The van der Waals surface area contributed by atoms with E-state index < -0.39 is 6.09 Å². The minimum Gasteiger partial charge on any atom is -0.464 e. The largest absolute Gasteiger partial charge is 0.464 e. The zero-order valence-electron chi connectivity index (χ0n) is 6.36. The fourth-order valence-electron chi connectivity index (χ4n) is 1.90. The van der Waals surface area contributed by atoms with Crippen molar-refractivity contribution >= 4 is 6.09 Å². The Bertz CT molecular complexity index is 175. The maximum Gasteiger partial charge on any atom is 0.421 e. The highest BCUT2D eigenvalue weighted by molar-refractivity contribution is 5.64. The second-order valence-corrected chi connectivity index (χ2v) is 3.26. The summed E-state index contributed by atoms with van der Waals surface area (Å²) < 4.78 is 0. The molecule has 3 fully saturated rings. The molecule has 3 aliphatic heterocycles. The first-order valence-corrected chi connectivity index (χ1v) is 4.02. The minimum atomic E-state index is -0.797. The van der Waals surface area contributed by atoms with Gasteiger partial charge in [-0.15, -0.1) is 0 Å². The molecular formula is C7H12N2O2. The van der Waals surface area contributed by atoms with Gasteiger partial charge >= 0.3 is 6.09 Å². The summed E-state index contributed by atoms with van der Waals surface area (Å²) in [5.41, 5.74) is 0. The van der Waals surface area contributed by atoms with Gasteiger partial charge in [0.1, 0.15) is 0 Å². The number of hydrogen-bond acceptors (Lipinski definition) is 2. The van der Waals surface area contributed by atoms with Crippen LogP contribution in [0.5, 0.6) is 0 Å². The number of carboxylic acid groups (broad SMARTS) is 1. The molecule has 0 radical (unpaired) electrons. The molecule has 3 aliphatic rings. The molecule has 11 heavy (non-hydrogen) atoms. The Labute approximate surface area is 65.4 Å². The van der Waals surface area contributed by atoms with E-state index in [1.54, 1.807) is 0 Å². The van der Waals surface area contributed by atoms with E-state index in [1.165, 1.54) is 17.9 Å². The van der Waals surface area contributed by atoms with Crippen LogP contribution in [0.25, 0.3) is 0 Å². The lowest BCUT2D eigenvalue weighted by Crippen LogP contribution is -2.57. The summed E-state index contributed by atoms with van der Waals surface area (Å²) in [7, 11) is 0.